The van der Waals surface area contributed by atoms with Gasteiger partial charge in [-0.15, -0.1) is 6.58 Å². The van der Waals surface area contributed by atoms with Crippen molar-refractivity contribution >= 4 is 16.8 Å². The lowest BCUT2D eigenvalue weighted by Crippen LogP contribution is -2.16. The summed E-state index contributed by atoms with van der Waals surface area (Å²) in [5, 5.41) is 1.03. The first kappa shape index (κ1) is 20.5. The maximum atomic E-state index is 15.4. The van der Waals surface area contributed by atoms with Gasteiger partial charge in [-0.05, 0) is 80.4 Å². The zero-order valence-corrected chi connectivity index (χ0v) is 16.3. The van der Waals surface area contributed by atoms with Crippen LogP contribution in [0, 0.1) is 11.7 Å². The third-order valence-corrected chi connectivity index (χ3v) is 5.71. The fourth-order valence-corrected chi connectivity index (χ4v) is 4.34. The van der Waals surface area contributed by atoms with Gasteiger partial charge in [-0.2, -0.15) is 8.78 Å². The molecule has 2 aromatic rings. The Balaban J connectivity index is 1.97. The average molecular weight is 388 g/mol. The van der Waals surface area contributed by atoms with Crippen molar-refractivity contribution in [1.29, 1.82) is 0 Å². The maximum Gasteiger partial charge on any atom is 0.387 e. The molecule has 0 radical (unpaired) electrons. The van der Waals surface area contributed by atoms with Crippen molar-refractivity contribution in [3.8, 4) is 5.75 Å². The smallest absolute Gasteiger partial charge is 0.387 e. The van der Waals surface area contributed by atoms with Gasteiger partial charge in [0, 0.05) is 10.9 Å². The lowest BCUT2D eigenvalue weighted by molar-refractivity contribution is -0.0508. The predicted molar refractivity (Wildman–Crippen MR) is 109 cm³/mol. The molecule has 0 saturated heterocycles. The third-order valence-electron chi connectivity index (χ3n) is 5.71. The molecule has 0 spiro atoms. The Morgan fingerprint density at radius 1 is 1.18 bits per heavy atom. The minimum atomic E-state index is -2.97. The van der Waals surface area contributed by atoms with E-state index < -0.39 is 12.4 Å². The van der Waals surface area contributed by atoms with Crippen molar-refractivity contribution in [1.82, 2.24) is 0 Å². The van der Waals surface area contributed by atoms with E-state index in [1.54, 1.807) is 18.2 Å². The maximum absolute atomic E-state index is 15.4. The summed E-state index contributed by atoms with van der Waals surface area (Å²) < 4.78 is 46.3. The molecule has 150 valence electrons. The van der Waals surface area contributed by atoms with Gasteiger partial charge in [-0.3, -0.25) is 0 Å². The second kappa shape index (κ2) is 9.31. The van der Waals surface area contributed by atoms with Gasteiger partial charge in [0.25, 0.3) is 0 Å². The highest BCUT2D eigenvalue weighted by atomic mass is 19.3. The summed E-state index contributed by atoms with van der Waals surface area (Å²) >= 11 is 0. The molecule has 4 heteroatoms. The minimum absolute atomic E-state index is 0.0211. The zero-order chi connectivity index (χ0) is 20.1. The fraction of sp³-hybridized carbons (Fsp3) is 0.417. The van der Waals surface area contributed by atoms with Gasteiger partial charge >= 0.3 is 6.61 Å². The highest BCUT2D eigenvalue weighted by molar-refractivity contribution is 5.88. The van der Waals surface area contributed by atoms with E-state index in [2.05, 4.69) is 6.58 Å². The van der Waals surface area contributed by atoms with Crippen molar-refractivity contribution in [3.05, 3.63) is 59.9 Å². The predicted octanol–water partition coefficient (Wildman–Crippen LogP) is 7.85. The second-order valence-electron chi connectivity index (χ2n) is 7.55. The van der Waals surface area contributed by atoms with Crippen molar-refractivity contribution < 1.29 is 17.9 Å². The molecule has 0 heterocycles. The first-order chi connectivity index (χ1) is 13.5. The number of alkyl halides is 2. The molecule has 28 heavy (non-hydrogen) atoms. The Bertz CT molecular complexity index is 849. The molecule has 0 aromatic heterocycles. The van der Waals surface area contributed by atoms with E-state index in [1.165, 1.54) is 0 Å². The summed E-state index contributed by atoms with van der Waals surface area (Å²) in [6, 6.07) is 6.93. The zero-order valence-electron chi connectivity index (χ0n) is 16.3. The van der Waals surface area contributed by atoms with Crippen molar-refractivity contribution in [3.63, 3.8) is 0 Å². The van der Waals surface area contributed by atoms with Crippen LogP contribution in [0.2, 0.25) is 0 Å². The summed E-state index contributed by atoms with van der Waals surface area (Å²) in [6.07, 6.45) is 11.3. The lowest BCUT2D eigenvalue weighted by Gasteiger charge is -2.30. The average Bonchev–Trinajstić information content (AvgIpc) is 2.67. The second-order valence-corrected chi connectivity index (χ2v) is 7.55. The van der Waals surface area contributed by atoms with Crippen LogP contribution in [-0.2, 0) is 0 Å². The SMILES string of the molecule is C=CCCC1CCC(c2c(OC(F)F)cc3cc(/C=C/C)ccc3c2F)CC1. The quantitative estimate of drug-likeness (QED) is 0.439. The van der Waals surface area contributed by atoms with Gasteiger partial charge < -0.3 is 4.74 Å². The summed E-state index contributed by atoms with van der Waals surface area (Å²) in [4.78, 5) is 0. The van der Waals surface area contributed by atoms with Crippen LogP contribution in [0.4, 0.5) is 13.2 Å². The minimum Gasteiger partial charge on any atom is -0.434 e. The van der Waals surface area contributed by atoms with Crippen molar-refractivity contribution in [2.45, 2.75) is 58.0 Å². The van der Waals surface area contributed by atoms with Gasteiger partial charge in [0.1, 0.15) is 11.6 Å². The van der Waals surface area contributed by atoms with Gasteiger partial charge in [-0.25, -0.2) is 4.39 Å². The monoisotopic (exact) mass is 388 g/mol. The van der Waals surface area contributed by atoms with E-state index in [9.17, 15) is 8.78 Å². The van der Waals surface area contributed by atoms with Crippen LogP contribution in [0.15, 0.2) is 43.0 Å². The molecule has 1 saturated carbocycles. The van der Waals surface area contributed by atoms with Crippen molar-refractivity contribution in [2.75, 3.05) is 0 Å². The van der Waals surface area contributed by atoms with Crippen LogP contribution in [0.5, 0.6) is 5.75 Å². The van der Waals surface area contributed by atoms with Gasteiger partial charge in [0.2, 0.25) is 0 Å². The highest BCUT2D eigenvalue weighted by Gasteiger charge is 2.29. The number of halogens is 3. The van der Waals surface area contributed by atoms with E-state index in [0.29, 0.717) is 22.3 Å². The summed E-state index contributed by atoms with van der Waals surface area (Å²) in [6.45, 7) is 2.68. The third kappa shape index (κ3) is 4.60. The fourth-order valence-electron chi connectivity index (χ4n) is 4.34. The Hall–Kier alpha value is -2.23. The van der Waals surface area contributed by atoms with E-state index in [4.69, 9.17) is 4.74 Å². The Labute approximate surface area is 164 Å². The lowest BCUT2D eigenvalue weighted by atomic mass is 9.76. The summed E-state index contributed by atoms with van der Waals surface area (Å²) in [5.74, 6) is 0.0656. The molecule has 0 amide bonds. The number of ether oxygens (including phenoxy) is 1. The molecule has 0 aliphatic heterocycles. The van der Waals surface area contributed by atoms with E-state index >= 15 is 4.39 Å². The largest absolute Gasteiger partial charge is 0.434 e. The van der Waals surface area contributed by atoms with Crippen LogP contribution in [0.1, 0.15) is 62.5 Å². The first-order valence-electron chi connectivity index (χ1n) is 9.98. The molecule has 1 aliphatic rings. The molecular weight excluding hydrogens is 361 g/mol. The molecule has 0 bridgehead atoms. The van der Waals surface area contributed by atoms with Crippen LogP contribution in [-0.4, -0.2) is 6.61 Å². The molecule has 1 nitrogen and oxygen atoms in total. The van der Waals surface area contributed by atoms with E-state index in [1.807, 2.05) is 31.2 Å². The van der Waals surface area contributed by atoms with Gasteiger partial charge in [-0.1, -0.05) is 30.4 Å². The van der Waals surface area contributed by atoms with Crippen LogP contribution in [0.3, 0.4) is 0 Å². The number of benzene rings is 2. The van der Waals surface area contributed by atoms with Crippen molar-refractivity contribution in [2.24, 2.45) is 5.92 Å². The van der Waals surface area contributed by atoms with Crippen LogP contribution in [0.25, 0.3) is 16.8 Å². The summed E-state index contributed by atoms with van der Waals surface area (Å²) in [7, 11) is 0. The molecule has 0 atom stereocenters. The molecule has 3 rings (SSSR count). The number of hydrogen-bond acceptors (Lipinski definition) is 1. The molecule has 1 aliphatic carbocycles. The Kier molecular flexibility index (Phi) is 6.82. The van der Waals surface area contributed by atoms with E-state index in [0.717, 1.165) is 44.1 Å². The van der Waals surface area contributed by atoms with Gasteiger partial charge in [0.15, 0.2) is 0 Å². The van der Waals surface area contributed by atoms with Crippen LogP contribution >= 0.6 is 0 Å². The normalized spacial score (nSPS) is 20.2. The first-order valence-corrected chi connectivity index (χ1v) is 9.98. The topological polar surface area (TPSA) is 9.23 Å². The Morgan fingerprint density at radius 2 is 1.93 bits per heavy atom. The molecule has 0 unspecified atom stereocenters. The highest BCUT2D eigenvalue weighted by Crippen LogP contribution is 2.44. The molecule has 2 aromatic carbocycles. The number of rotatable bonds is 7. The molecular formula is C24H27F3O. The number of fused-ring (bicyclic) bond motifs is 1. The molecule has 1 fully saturated rings. The standard InChI is InChI=1S/C24H27F3O/c1-3-5-7-16-8-11-18(12-9-16)22-21(28-24(26)27)15-19-14-17(6-4-2)10-13-20(19)23(22)25/h3-4,6,10,13-16,18,24H,1,5,7-9,11-12H2,2H3/b6-4+. The van der Waals surface area contributed by atoms with Gasteiger partial charge in [0.05, 0.1) is 0 Å². The molecule has 0 N–H and O–H groups in total. The number of allylic oxidation sites excluding steroid dienone is 2. The Morgan fingerprint density at radius 3 is 2.57 bits per heavy atom. The number of hydrogen-bond donors (Lipinski definition) is 0. The van der Waals surface area contributed by atoms with E-state index in [-0.39, 0.29) is 11.7 Å². The summed E-state index contributed by atoms with van der Waals surface area (Å²) in [5.41, 5.74) is 1.21. The van der Waals surface area contributed by atoms with Crippen LogP contribution < -0.4 is 4.74 Å².